The summed E-state index contributed by atoms with van der Waals surface area (Å²) in [4.78, 5) is 4.41. The standard InChI is InChI=1S/C16H17F2N3S.2H2/c1-3-20-16(19)21-15-12(7-10(17)8-14(15)22)11-5-4-6-13(18)9(11)2;;/h4-8,22H,3H2,1-2H3,(H3,19,20,21);2*1H. The molecule has 0 bridgehead atoms. The highest BCUT2D eigenvalue weighted by Gasteiger charge is 2.15. The number of anilines is 1. The van der Waals surface area contributed by atoms with Gasteiger partial charge in [0.2, 0.25) is 0 Å². The maximum atomic E-state index is 13.8. The Morgan fingerprint density at radius 3 is 2.73 bits per heavy atom. The molecular weight excluding hydrogens is 304 g/mol. The molecular formula is C16H21F2N3S. The van der Waals surface area contributed by atoms with E-state index in [0.29, 0.717) is 33.8 Å². The molecule has 0 amide bonds. The summed E-state index contributed by atoms with van der Waals surface area (Å²) < 4.78 is 27.6. The maximum Gasteiger partial charge on any atom is 0.193 e. The van der Waals surface area contributed by atoms with Crippen molar-refractivity contribution in [2.45, 2.75) is 18.7 Å². The topological polar surface area (TPSA) is 50.4 Å². The zero-order valence-corrected chi connectivity index (χ0v) is 13.2. The summed E-state index contributed by atoms with van der Waals surface area (Å²) in [5, 5.41) is 2.91. The van der Waals surface area contributed by atoms with Gasteiger partial charge in [-0.1, -0.05) is 12.1 Å². The van der Waals surface area contributed by atoms with E-state index >= 15 is 0 Å². The fraction of sp³-hybridized carbons (Fsp3) is 0.188. The Labute approximate surface area is 136 Å². The van der Waals surface area contributed by atoms with Crippen molar-refractivity contribution in [3.05, 3.63) is 47.5 Å². The number of benzene rings is 2. The smallest absolute Gasteiger partial charge is 0.193 e. The Morgan fingerprint density at radius 2 is 2.05 bits per heavy atom. The molecule has 0 saturated heterocycles. The van der Waals surface area contributed by atoms with Gasteiger partial charge in [-0.2, -0.15) is 0 Å². The summed E-state index contributed by atoms with van der Waals surface area (Å²) >= 11 is 4.28. The molecule has 0 unspecified atom stereocenters. The molecule has 0 heterocycles. The number of halogens is 2. The van der Waals surface area contributed by atoms with Crippen LogP contribution in [0.15, 0.2) is 40.2 Å². The van der Waals surface area contributed by atoms with Gasteiger partial charge in [0.1, 0.15) is 11.6 Å². The van der Waals surface area contributed by atoms with Crippen LogP contribution in [0, 0.1) is 18.6 Å². The van der Waals surface area contributed by atoms with Gasteiger partial charge >= 0.3 is 0 Å². The fourth-order valence-corrected chi connectivity index (χ4v) is 2.47. The Bertz CT molecular complexity index is 740. The number of thiol groups is 1. The average Bonchev–Trinajstić information content (AvgIpc) is 2.45. The fourth-order valence-electron chi connectivity index (χ4n) is 2.17. The van der Waals surface area contributed by atoms with Crippen molar-refractivity contribution >= 4 is 24.3 Å². The van der Waals surface area contributed by atoms with E-state index in [1.54, 1.807) is 19.1 Å². The summed E-state index contributed by atoms with van der Waals surface area (Å²) in [7, 11) is 0. The zero-order chi connectivity index (χ0) is 16.3. The van der Waals surface area contributed by atoms with Crippen LogP contribution in [0.3, 0.4) is 0 Å². The Hall–Kier alpha value is -2.08. The van der Waals surface area contributed by atoms with Crippen LogP contribution in [-0.4, -0.2) is 12.5 Å². The second-order valence-electron chi connectivity index (χ2n) is 4.74. The van der Waals surface area contributed by atoms with Crippen molar-refractivity contribution in [2.24, 2.45) is 10.7 Å². The molecule has 0 atom stereocenters. The number of hydrogen-bond donors (Lipinski definition) is 3. The molecule has 3 nitrogen and oxygen atoms in total. The molecule has 0 spiro atoms. The van der Waals surface area contributed by atoms with E-state index in [1.165, 1.54) is 18.2 Å². The molecule has 6 heteroatoms. The van der Waals surface area contributed by atoms with Gasteiger partial charge in [0.05, 0.1) is 5.69 Å². The zero-order valence-electron chi connectivity index (χ0n) is 12.3. The van der Waals surface area contributed by atoms with Gasteiger partial charge in [-0.05, 0) is 43.2 Å². The first-order valence-electron chi connectivity index (χ1n) is 6.79. The number of guanidine groups is 1. The molecule has 0 aliphatic carbocycles. The van der Waals surface area contributed by atoms with Gasteiger partial charge in [0.15, 0.2) is 5.96 Å². The second kappa shape index (κ2) is 6.79. The van der Waals surface area contributed by atoms with Crippen LogP contribution >= 0.6 is 12.6 Å². The second-order valence-corrected chi connectivity index (χ2v) is 5.23. The van der Waals surface area contributed by atoms with Gasteiger partial charge < -0.3 is 11.1 Å². The monoisotopic (exact) mass is 325 g/mol. The molecule has 2 aromatic rings. The highest BCUT2D eigenvalue weighted by Crippen LogP contribution is 2.36. The first-order chi connectivity index (χ1) is 10.4. The van der Waals surface area contributed by atoms with Crippen molar-refractivity contribution in [1.82, 2.24) is 0 Å². The Kier molecular flexibility index (Phi) is 5.03. The van der Waals surface area contributed by atoms with Crippen LogP contribution in [0.1, 0.15) is 15.3 Å². The molecule has 2 rings (SSSR count). The van der Waals surface area contributed by atoms with Crippen molar-refractivity contribution in [2.75, 3.05) is 11.9 Å². The van der Waals surface area contributed by atoms with Crippen LogP contribution in [0.25, 0.3) is 11.1 Å². The van der Waals surface area contributed by atoms with E-state index in [0.717, 1.165) is 0 Å². The molecule has 0 radical (unpaired) electrons. The largest absolute Gasteiger partial charge is 0.370 e. The summed E-state index contributed by atoms with van der Waals surface area (Å²) in [5.41, 5.74) is 7.75. The first-order valence-corrected chi connectivity index (χ1v) is 7.23. The normalized spacial score (nSPS) is 11.6. The summed E-state index contributed by atoms with van der Waals surface area (Å²) in [5.74, 6) is -0.622. The number of nitrogens with two attached hydrogens (primary N) is 1. The minimum absolute atomic E-state index is 0. The summed E-state index contributed by atoms with van der Waals surface area (Å²) in [6.07, 6.45) is 0. The minimum Gasteiger partial charge on any atom is -0.370 e. The van der Waals surface area contributed by atoms with Crippen molar-refractivity contribution in [1.29, 1.82) is 0 Å². The van der Waals surface area contributed by atoms with E-state index in [9.17, 15) is 8.78 Å². The molecule has 0 saturated carbocycles. The lowest BCUT2D eigenvalue weighted by Crippen LogP contribution is -2.23. The number of nitrogens with one attached hydrogen (secondary N) is 1. The molecule has 0 aromatic heterocycles. The predicted molar refractivity (Wildman–Crippen MR) is 93.8 cm³/mol. The molecule has 0 aliphatic rings. The quantitative estimate of drug-likeness (QED) is 0.443. The molecule has 3 N–H and O–H groups in total. The maximum absolute atomic E-state index is 13.8. The summed E-state index contributed by atoms with van der Waals surface area (Å²) in [6, 6.07) is 7.25. The number of aliphatic imine (C=N–C) groups is 1. The van der Waals surface area contributed by atoms with Crippen LogP contribution < -0.4 is 11.1 Å². The lowest BCUT2D eigenvalue weighted by atomic mass is 9.98. The van der Waals surface area contributed by atoms with Crippen LogP contribution in [-0.2, 0) is 0 Å². The van der Waals surface area contributed by atoms with Gasteiger partial charge in [-0.3, -0.25) is 4.99 Å². The third kappa shape index (κ3) is 3.39. The average molecular weight is 325 g/mol. The van der Waals surface area contributed by atoms with Crippen LogP contribution in [0.2, 0.25) is 0 Å². The van der Waals surface area contributed by atoms with E-state index in [4.69, 9.17) is 5.73 Å². The Balaban J connectivity index is 0.00000264. The minimum atomic E-state index is -0.458. The predicted octanol–water partition coefficient (Wildman–Crippen LogP) is 4.47. The van der Waals surface area contributed by atoms with E-state index in [-0.39, 0.29) is 14.6 Å². The van der Waals surface area contributed by atoms with Gasteiger partial charge in [-0.15, -0.1) is 12.6 Å². The third-order valence-electron chi connectivity index (χ3n) is 3.22. The third-order valence-corrected chi connectivity index (χ3v) is 3.57. The van der Waals surface area contributed by atoms with Gasteiger partial charge in [0, 0.05) is 19.9 Å². The van der Waals surface area contributed by atoms with Crippen molar-refractivity contribution in [3.8, 4) is 11.1 Å². The van der Waals surface area contributed by atoms with Crippen LogP contribution in [0.4, 0.5) is 14.5 Å². The first kappa shape index (κ1) is 16.3. The Morgan fingerprint density at radius 1 is 1.32 bits per heavy atom. The van der Waals surface area contributed by atoms with Crippen molar-refractivity contribution in [3.63, 3.8) is 0 Å². The molecule has 2 aromatic carbocycles. The molecule has 22 heavy (non-hydrogen) atoms. The van der Waals surface area contributed by atoms with Gasteiger partial charge in [-0.25, -0.2) is 8.78 Å². The SMILES string of the molecule is CCN=C(N)Nc1c(S)cc(F)cc1-c1cccc(F)c1C.[HH].[HH]. The molecule has 0 aliphatic heterocycles. The highest BCUT2D eigenvalue weighted by atomic mass is 32.1. The van der Waals surface area contributed by atoms with Crippen LogP contribution in [0.5, 0.6) is 0 Å². The number of nitrogens with zero attached hydrogens (tertiary/aromatic N) is 1. The highest BCUT2D eigenvalue weighted by molar-refractivity contribution is 7.80. The lowest BCUT2D eigenvalue weighted by molar-refractivity contribution is 0.618. The number of rotatable bonds is 3. The lowest BCUT2D eigenvalue weighted by Gasteiger charge is -2.16. The van der Waals surface area contributed by atoms with Gasteiger partial charge in [0.25, 0.3) is 0 Å². The van der Waals surface area contributed by atoms with E-state index in [2.05, 4.69) is 22.9 Å². The van der Waals surface area contributed by atoms with E-state index in [1.807, 2.05) is 6.92 Å². The molecule has 120 valence electrons. The molecule has 0 fully saturated rings. The summed E-state index contributed by atoms with van der Waals surface area (Å²) in [6.45, 7) is 4.00. The number of hydrogen-bond acceptors (Lipinski definition) is 2. The van der Waals surface area contributed by atoms with E-state index < -0.39 is 5.82 Å². The van der Waals surface area contributed by atoms with Crippen molar-refractivity contribution < 1.29 is 11.6 Å².